The summed E-state index contributed by atoms with van der Waals surface area (Å²) in [5.74, 6) is -0.558. The molecule has 78 valence electrons. The Morgan fingerprint density at radius 3 is 2.47 bits per heavy atom. The highest BCUT2D eigenvalue weighted by Crippen LogP contribution is 2.20. The lowest BCUT2D eigenvalue weighted by molar-refractivity contribution is 0.0923. The van der Waals surface area contributed by atoms with E-state index < -0.39 is 5.92 Å². The predicted molar refractivity (Wildman–Crippen MR) is 67.4 cm³/mol. The van der Waals surface area contributed by atoms with Gasteiger partial charge in [-0.15, -0.1) is 0 Å². The second kappa shape index (κ2) is 5.26. The highest BCUT2D eigenvalue weighted by Gasteiger charge is 2.24. The fourth-order valence-corrected chi connectivity index (χ4v) is 1.99. The van der Waals surface area contributed by atoms with E-state index in [2.05, 4.69) is 28.7 Å². The molecule has 0 aliphatic heterocycles. The average Bonchev–Trinajstić information content (AvgIpc) is 2.18. The molecule has 1 atom stereocenters. The monoisotopic (exact) mass is 313 g/mol. The van der Waals surface area contributed by atoms with Crippen LogP contribution in [0.5, 0.6) is 0 Å². The number of rotatable bonds is 3. The van der Waals surface area contributed by atoms with Crippen molar-refractivity contribution in [2.45, 2.75) is 13.8 Å². The lowest BCUT2D eigenvalue weighted by atomic mass is 9.89. The zero-order valence-electron chi connectivity index (χ0n) is 8.70. The molecule has 0 amide bonds. The first-order valence-corrected chi connectivity index (χ1v) is 5.84. The molecule has 0 saturated heterocycles. The molecule has 15 heavy (non-hydrogen) atoms. The van der Waals surface area contributed by atoms with Crippen molar-refractivity contribution < 1.29 is 4.79 Å². The summed E-state index contributed by atoms with van der Waals surface area (Å²) in [6.45, 7) is 3.78. The molecule has 0 aliphatic carbocycles. The first-order valence-electron chi connectivity index (χ1n) is 4.76. The van der Waals surface area contributed by atoms with E-state index in [4.69, 9.17) is 5.26 Å². The highest BCUT2D eigenvalue weighted by molar-refractivity contribution is 14.1. The molecule has 0 fully saturated rings. The van der Waals surface area contributed by atoms with E-state index in [0.717, 1.165) is 3.57 Å². The van der Waals surface area contributed by atoms with Crippen LogP contribution in [0.3, 0.4) is 0 Å². The van der Waals surface area contributed by atoms with Crippen LogP contribution < -0.4 is 0 Å². The van der Waals surface area contributed by atoms with Gasteiger partial charge in [-0.1, -0.05) is 32.0 Å². The van der Waals surface area contributed by atoms with E-state index in [0.29, 0.717) is 5.56 Å². The van der Waals surface area contributed by atoms with Crippen LogP contribution in [0.15, 0.2) is 24.3 Å². The van der Waals surface area contributed by atoms with E-state index >= 15 is 0 Å². The Kier molecular flexibility index (Phi) is 4.28. The van der Waals surface area contributed by atoms with E-state index in [9.17, 15) is 4.79 Å². The van der Waals surface area contributed by atoms with Gasteiger partial charge in [0.1, 0.15) is 5.92 Å². The van der Waals surface area contributed by atoms with Crippen LogP contribution in [0.4, 0.5) is 0 Å². The molecule has 0 radical (unpaired) electrons. The van der Waals surface area contributed by atoms with Gasteiger partial charge in [0.15, 0.2) is 5.78 Å². The highest BCUT2D eigenvalue weighted by atomic mass is 127. The number of hydrogen-bond donors (Lipinski definition) is 0. The molecule has 0 heterocycles. The minimum Gasteiger partial charge on any atom is -0.293 e. The summed E-state index contributed by atoms with van der Waals surface area (Å²) in [5, 5.41) is 8.95. The van der Waals surface area contributed by atoms with Crippen LogP contribution in [0.25, 0.3) is 0 Å². The van der Waals surface area contributed by atoms with Crippen LogP contribution in [0.2, 0.25) is 0 Å². The average molecular weight is 313 g/mol. The number of nitriles is 1. The van der Waals surface area contributed by atoms with Gasteiger partial charge in [-0.05, 0) is 34.6 Å². The van der Waals surface area contributed by atoms with E-state index in [1.165, 1.54) is 0 Å². The van der Waals surface area contributed by atoms with Crippen molar-refractivity contribution in [1.82, 2.24) is 0 Å². The van der Waals surface area contributed by atoms with Crippen LogP contribution in [0.1, 0.15) is 24.2 Å². The van der Waals surface area contributed by atoms with Crippen molar-refractivity contribution in [3.63, 3.8) is 0 Å². The molecule has 2 nitrogen and oxygen atoms in total. The minimum absolute atomic E-state index is 0.0542. The van der Waals surface area contributed by atoms with Crippen molar-refractivity contribution in [1.29, 1.82) is 5.26 Å². The maximum absolute atomic E-state index is 12.0. The molecule has 1 aromatic rings. The molecule has 0 spiro atoms. The standard InChI is InChI=1S/C12H12INO/c1-8(2)10(7-14)12(15)9-5-3-4-6-11(9)13/h3-6,8,10H,1-2H3. The van der Waals surface area contributed by atoms with Gasteiger partial charge in [-0.3, -0.25) is 4.79 Å². The van der Waals surface area contributed by atoms with Crippen LogP contribution in [0, 0.1) is 26.7 Å². The van der Waals surface area contributed by atoms with Crippen LogP contribution in [-0.4, -0.2) is 5.78 Å². The first-order chi connectivity index (χ1) is 7.07. The molecule has 3 heteroatoms. The third kappa shape index (κ3) is 2.78. The Morgan fingerprint density at radius 2 is 2.00 bits per heavy atom. The second-order valence-corrected chi connectivity index (χ2v) is 4.86. The molecule has 0 aliphatic rings. The zero-order valence-corrected chi connectivity index (χ0v) is 10.9. The summed E-state index contributed by atoms with van der Waals surface area (Å²) < 4.78 is 0.904. The molecule has 0 N–H and O–H groups in total. The molecule has 1 unspecified atom stereocenters. The third-order valence-corrected chi connectivity index (χ3v) is 3.17. The molecule has 0 saturated carbocycles. The number of ketones is 1. The number of nitrogens with zero attached hydrogens (tertiary/aromatic N) is 1. The number of hydrogen-bond acceptors (Lipinski definition) is 2. The predicted octanol–water partition coefficient (Wildman–Crippen LogP) is 3.27. The Morgan fingerprint density at radius 1 is 1.40 bits per heavy atom. The largest absolute Gasteiger partial charge is 0.293 e. The van der Waals surface area contributed by atoms with Crippen LogP contribution in [-0.2, 0) is 0 Å². The molecular weight excluding hydrogens is 301 g/mol. The summed E-state index contributed by atoms with van der Waals surface area (Å²) in [7, 11) is 0. The normalized spacial score (nSPS) is 12.2. The van der Waals surface area contributed by atoms with Gasteiger partial charge in [-0.2, -0.15) is 5.26 Å². The smallest absolute Gasteiger partial charge is 0.181 e. The van der Waals surface area contributed by atoms with Crippen molar-refractivity contribution in [2.24, 2.45) is 11.8 Å². The SMILES string of the molecule is CC(C)C(C#N)C(=O)c1ccccc1I. The lowest BCUT2D eigenvalue weighted by Crippen LogP contribution is -2.19. The fraction of sp³-hybridized carbons (Fsp3) is 0.333. The van der Waals surface area contributed by atoms with E-state index in [-0.39, 0.29) is 11.7 Å². The Balaban J connectivity index is 3.05. The molecular formula is C12H12INO. The molecule has 0 bridgehead atoms. The number of benzene rings is 1. The Labute approximate surface area is 103 Å². The Hall–Kier alpha value is -0.890. The summed E-state index contributed by atoms with van der Waals surface area (Å²) >= 11 is 2.12. The van der Waals surface area contributed by atoms with Crippen LogP contribution >= 0.6 is 22.6 Å². The second-order valence-electron chi connectivity index (χ2n) is 3.69. The van der Waals surface area contributed by atoms with Gasteiger partial charge in [0.25, 0.3) is 0 Å². The summed E-state index contributed by atoms with van der Waals surface area (Å²) in [5.41, 5.74) is 0.651. The topological polar surface area (TPSA) is 40.9 Å². The summed E-state index contributed by atoms with van der Waals surface area (Å²) in [6.07, 6.45) is 0. The van der Waals surface area contributed by atoms with E-state index in [1.54, 1.807) is 6.07 Å². The maximum atomic E-state index is 12.0. The molecule has 1 rings (SSSR count). The van der Waals surface area contributed by atoms with Gasteiger partial charge in [0.05, 0.1) is 6.07 Å². The number of Topliss-reactive ketones (excluding diaryl/α,β-unsaturated/α-hetero) is 1. The first kappa shape index (κ1) is 12.2. The van der Waals surface area contributed by atoms with Gasteiger partial charge in [-0.25, -0.2) is 0 Å². The van der Waals surface area contributed by atoms with Crippen molar-refractivity contribution in [2.75, 3.05) is 0 Å². The maximum Gasteiger partial charge on any atom is 0.181 e. The third-order valence-electron chi connectivity index (χ3n) is 2.23. The number of carbonyl (C=O) groups excluding carboxylic acids is 1. The quantitative estimate of drug-likeness (QED) is 0.635. The van der Waals surface area contributed by atoms with Gasteiger partial charge < -0.3 is 0 Å². The molecule has 0 aromatic heterocycles. The van der Waals surface area contributed by atoms with Gasteiger partial charge >= 0.3 is 0 Å². The summed E-state index contributed by atoms with van der Waals surface area (Å²) in [6, 6.07) is 9.43. The molecule has 1 aromatic carbocycles. The van der Waals surface area contributed by atoms with Crippen molar-refractivity contribution in [3.8, 4) is 6.07 Å². The van der Waals surface area contributed by atoms with Gasteiger partial charge in [0, 0.05) is 9.13 Å². The summed E-state index contributed by atoms with van der Waals surface area (Å²) in [4.78, 5) is 12.0. The zero-order chi connectivity index (χ0) is 11.4. The van der Waals surface area contributed by atoms with E-state index in [1.807, 2.05) is 32.0 Å². The van der Waals surface area contributed by atoms with Crippen molar-refractivity contribution >= 4 is 28.4 Å². The lowest BCUT2D eigenvalue weighted by Gasteiger charge is -2.12. The van der Waals surface area contributed by atoms with Crippen molar-refractivity contribution in [3.05, 3.63) is 33.4 Å². The fourth-order valence-electron chi connectivity index (χ4n) is 1.34. The Bertz CT molecular complexity index is 406. The number of halogens is 1. The number of carbonyl (C=O) groups is 1. The van der Waals surface area contributed by atoms with Gasteiger partial charge in [0.2, 0.25) is 0 Å². The minimum atomic E-state index is -0.541.